The maximum Gasteiger partial charge on any atom is 0.244 e. The molecular formula is C27H33N5O. The highest BCUT2D eigenvalue weighted by Crippen LogP contribution is 2.31. The van der Waals surface area contributed by atoms with Crippen LogP contribution in [0.2, 0.25) is 0 Å². The maximum atomic E-state index is 13.5. The summed E-state index contributed by atoms with van der Waals surface area (Å²) in [5.74, 6) is 0.121. The largest absolute Gasteiger partial charge is 0.385 e. The molecule has 172 valence electrons. The summed E-state index contributed by atoms with van der Waals surface area (Å²) in [7, 11) is 0. The zero-order valence-corrected chi connectivity index (χ0v) is 19.4. The van der Waals surface area contributed by atoms with Gasteiger partial charge in [0.25, 0.3) is 0 Å². The Kier molecular flexibility index (Phi) is 6.44. The van der Waals surface area contributed by atoms with Crippen LogP contribution in [-0.2, 0) is 24.4 Å². The molecule has 3 aromatic rings. The van der Waals surface area contributed by atoms with Crippen LogP contribution in [0.15, 0.2) is 67.0 Å². The van der Waals surface area contributed by atoms with E-state index in [-0.39, 0.29) is 12.5 Å². The van der Waals surface area contributed by atoms with Crippen molar-refractivity contribution in [3.05, 3.63) is 83.7 Å². The van der Waals surface area contributed by atoms with E-state index < -0.39 is 0 Å². The number of benzene rings is 2. The topological polar surface area (TPSA) is 53.4 Å². The SMILES string of the molecule is Cc1cnn(CC(=O)N2Cc3ccccc3NCC[C@@H]3CC[C@H](C2)N3Cc2ccccc2)c1. The van der Waals surface area contributed by atoms with Crippen LogP contribution in [0, 0.1) is 6.92 Å². The number of carbonyl (C=O) groups is 1. The Labute approximate surface area is 196 Å². The lowest BCUT2D eigenvalue weighted by atomic mass is 10.1. The second-order valence-corrected chi connectivity index (χ2v) is 9.41. The molecule has 6 nitrogen and oxygen atoms in total. The summed E-state index contributed by atoms with van der Waals surface area (Å²) in [5.41, 5.74) is 4.72. The summed E-state index contributed by atoms with van der Waals surface area (Å²) in [6.07, 6.45) is 7.17. The van der Waals surface area contributed by atoms with Crippen molar-refractivity contribution >= 4 is 11.6 Å². The molecule has 2 bridgehead atoms. The lowest BCUT2D eigenvalue weighted by molar-refractivity contribution is -0.133. The molecule has 1 amide bonds. The first-order valence-electron chi connectivity index (χ1n) is 12.0. The Morgan fingerprint density at radius 2 is 1.82 bits per heavy atom. The predicted molar refractivity (Wildman–Crippen MR) is 131 cm³/mol. The van der Waals surface area contributed by atoms with Crippen LogP contribution in [0.4, 0.5) is 5.69 Å². The minimum atomic E-state index is 0.121. The quantitative estimate of drug-likeness (QED) is 0.661. The number of para-hydroxylation sites is 1. The molecule has 1 aromatic heterocycles. The van der Waals surface area contributed by atoms with Gasteiger partial charge < -0.3 is 10.2 Å². The van der Waals surface area contributed by atoms with Crippen LogP contribution in [0.5, 0.6) is 0 Å². The molecule has 0 radical (unpaired) electrons. The second kappa shape index (κ2) is 9.79. The highest BCUT2D eigenvalue weighted by Gasteiger charge is 2.35. The molecule has 6 heteroatoms. The van der Waals surface area contributed by atoms with Gasteiger partial charge in [-0.15, -0.1) is 0 Å². The highest BCUT2D eigenvalue weighted by atomic mass is 16.2. The van der Waals surface area contributed by atoms with Gasteiger partial charge in [-0.25, -0.2) is 0 Å². The van der Waals surface area contributed by atoms with Crippen molar-refractivity contribution in [3.8, 4) is 0 Å². The van der Waals surface area contributed by atoms with E-state index in [2.05, 4.69) is 69.9 Å². The number of fused-ring (bicyclic) bond motifs is 3. The molecule has 2 aromatic carbocycles. The van der Waals surface area contributed by atoms with Crippen LogP contribution in [0.1, 0.15) is 36.0 Å². The Bertz CT molecular complexity index is 1080. The molecule has 2 aliphatic heterocycles. The van der Waals surface area contributed by atoms with Crippen molar-refractivity contribution in [1.29, 1.82) is 0 Å². The zero-order chi connectivity index (χ0) is 22.6. The number of rotatable bonds is 4. The molecule has 2 aliphatic rings. The van der Waals surface area contributed by atoms with Crippen molar-refractivity contribution in [2.75, 3.05) is 18.4 Å². The van der Waals surface area contributed by atoms with Crippen LogP contribution in [-0.4, -0.2) is 50.7 Å². The minimum absolute atomic E-state index is 0.121. The summed E-state index contributed by atoms with van der Waals surface area (Å²) >= 11 is 0. The highest BCUT2D eigenvalue weighted by molar-refractivity contribution is 5.76. The number of aromatic nitrogens is 2. The monoisotopic (exact) mass is 443 g/mol. The molecule has 0 unspecified atom stereocenters. The number of aryl methyl sites for hydroxylation is 1. The molecule has 5 rings (SSSR count). The summed E-state index contributed by atoms with van der Waals surface area (Å²) < 4.78 is 1.76. The third-order valence-electron chi connectivity index (χ3n) is 6.99. The second-order valence-electron chi connectivity index (χ2n) is 9.41. The number of carbonyl (C=O) groups excluding carboxylic acids is 1. The van der Waals surface area contributed by atoms with Gasteiger partial charge in [-0.1, -0.05) is 48.5 Å². The van der Waals surface area contributed by atoms with Crippen molar-refractivity contribution in [1.82, 2.24) is 19.6 Å². The summed E-state index contributed by atoms with van der Waals surface area (Å²) in [6, 6.07) is 20.0. The average Bonchev–Trinajstić information content (AvgIpc) is 3.39. The number of nitrogens with one attached hydrogen (secondary N) is 1. The van der Waals surface area contributed by atoms with Gasteiger partial charge in [-0.05, 0) is 48.9 Å². The number of amides is 1. The normalized spacial score (nSPS) is 21.2. The Balaban J connectivity index is 1.42. The van der Waals surface area contributed by atoms with Gasteiger partial charge in [0.15, 0.2) is 0 Å². The fourth-order valence-electron chi connectivity index (χ4n) is 5.28. The molecular weight excluding hydrogens is 410 g/mol. The first kappa shape index (κ1) is 21.7. The first-order valence-corrected chi connectivity index (χ1v) is 12.0. The molecule has 1 saturated heterocycles. The summed E-state index contributed by atoms with van der Waals surface area (Å²) in [4.78, 5) is 18.2. The molecule has 1 N–H and O–H groups in total. The van der Waals surface area contributed by atoms with Crippen molar-refractivity contribution in [3.63, 3.8) is 0 Å². The number of nitrogens with zero attached hydrogens (tertiary/aromatic N) is 4. The van der Waals surface area contributed by atoms with Crippen molar-refractivity contribution < 1.29 is 4.79 Å². The van der Waals surface area contributed by atoms with E-state index in [1.165, 1.54) is 17.5 Å². The third kappa shape index (κ3) is 5.11. The van der Waals surface area contributed by atoms with E-state index in [4.69, 9.17) is 0 Å². The molecule has 1 fully saturated rings. The standard InChI is InChI=1S/C27H33N5O/c1-21-15-29-31(16-21)20-27(33)30-18-23-9-5-6-10-26(23)28-14-13-24-11-12-25(19-30)32(24)17-22-7-3-2-4-8-22/h2-10,15-16,24-25,28H,11-14,17-20H2,1H3/t24-,25+/m0/s1. The van der Waals surface area contributed by atoms with Crippen LogP contribution >= 0.6 is 0 Å². The number of anilines is 1. The fourth-order valence-corrected chi connectivity index (χ4v) is 5.28. The van der Waals surface area contributed by atoms with Crippen molar-refractivity contribution in [2.24, 2.45) is 0 Å². The number of hydrogen-bond acceptors (Lipinski definition) is 4. The zero-order valence-electron chi connectivity index (χ0n) is 19.4. The molecule has 33 heavy (non-hydrogen) atoms. The number of hydrogen-bond donors (Lipinski definition) is 1. The predicted octanol–water partition coefficient (Wildman–Crippen LogP) is 4.07. The Hall–Kier alpha value is -3.12. The fraction of sp³-hybridized carbons (Fsp3) is 0.407. The van der Waals surface area contributed by atoms with E-state index in [9.17, 15) is 4.79 Å². The molecule has 2 atom stereocenters. The van der Waals surface area contributed by atoms with Crippen LogP contribution in [0.3, 0.4) is 0 Å². The van der Waals surface area contributed by atoms with E-state index in [1.807, 2.05) is 24.2 Å². The van der Waals surface area contributed by atoms with E-state index in [0.29, 0.717) is 18.6 Å². The smallest absolute Gasteiger partial charge is 0.244 e. The van der Waals surface area contributed by atoms with Gasteiger partial charge >= 0.3 is 0 Å². The lowest BCUT2D eigenvalue weighted by Crippen LogP contribution is -2.45. The van der Waals surface area contributed by atoms with Crippen LogP contribution < -0.4 is 5.32 Å². The lowest BCUT2D eigenvalue weighted by Gasteiger charge is -2.34. The van der Waals surface area contributed by atoms with Gasteiger partial charge in [0, 0.05) is 50.1 Å². The Morgan fingerprint density at radius 3 is 2.64 bits per heavy atom. The molecule has 3 heterocycles. The Morgan fingerprint density at radius 1 is 1.03 bits per heavy atom. The minimum Gasteiger partial charge on any atom is -0.385 e. The van der Waals surface area contributed by atoms with Gasteiger partial charge in [-0.3, -0.25) is 14.4 Å². The summed E-state index contributed by atoms with van der Waals surface area (Å²) in [6.45, 7) is 5.52. The average molecular weight is 444 g/mol. The van der Waals surface area contributed by atoms with Gasteiger partial charge in [-0.2, -0.15) is 5.10 Å². The maximum absolute atomic E-state index is 13.5. The molecule has 0 spiro atoms. The van der Waals surface area contributed by atoms with E-state index in [1.54, 1.807) is 4.68 Å². The first-order chi connectivity index (χ1) is 16.2. The van der Waals surface area contributed by atoms with E-state index in [0.717, 1.165) is 43.7 Å². The van der Waals surface area contributed by atoms with Gasteiger partial charge in [0.1, 0.15) is 6.54 Å². The molecule has 0 aliphatic carbocycles. The molecule has 0 saturated carbocycles. The summed E-state index contributed by atoms with van der Waals surface area (Å²) in [5, 5.41) is 8.01. The van der Waals surface area contributed by atoms with Crippen LogP contribution in [0.25, 0.3) is 0 Å². The van der Waals surface area contributed by atoms with E-state index >= 15 is 0 Å². The van der Waals surface area contributed by atoms with Gasteiger partial charge in [0.05, 0.1) is 6.20 Å². The van der Waals surface area contributed by atoms with Crippen molar-refractivity contribution in [2.45, 2.75) is 57.9 Å². The third-order valence-corrected chi connectivity index (χ3v) is 6.99. The van der Waals surface area contributed by atoms with Gasteiger partial charge in [0.2, 0.25) is 5.91 Å².